The van der Waals surface area contributed by atoms with Gasteiger partial charge in [0.05, 0.1) is 5.92 Å². The summed E-state index contributed by atoms with van der Waals surface area (Å²) in [5.74, 6) is -1.90. The maximum absolute atomic E-state index is 12.0. The average molecular weight is 267 g/mol. The van der Waals surface area contributed by atoms with Crippen LogP contribution in [0.3, 0.4) is 0 Å². The molecule has 1 amide bonds. The van der Waals surface area contributed by atoms with Crippen LogP contribution in [0.2, 0.25) is 0 Å². The zero-order valence-electron chi connectivity index (χ0n) is 10.9. The predicted octanol–water partition coefficient (Wildman–Crippen LogP) is -0.188. The molecule has 1 aromatic rings. The summed E-state index contributed by atoms with van der Waals surface area (Å²) in [5.41, 5.74) is -0.502. The summed E-state index contributed by atoms with van der Waals surface area (Å²) in [5, 5.41) is 8.84. The Morgan fingerprint density at radius 1 is 1.53 bits per heavy atom. The van der Waals surface area contributed by atoms with E-state index >= 15 is 0 Å². The molecule has 0 saturated heterocycles. The maximum atomic E-state index is 12.0. The molecular weight excluding hydrogens is 250 g/mol. The molecule has 0 saturated carbocycles. The molecule has 1 rings (SSSR count). The van der Waals surface area contributed by atoms with Crippen molar-refractivity contribution in [3.05, 3.63) is 28.9 Å². The Morgan fingerprint density at radius 3 is 2.74 bits per heavy atom. The van der Waals surface area contributed by atoms with Gasteiger partial charge in [-0.3, -0.25) is 14.2 Å². The van der Waals surface area contributed by atoms with Gasteiger partial charge in [0.2, 0.25) is 5.91 Å². The number of carbonyl (C=O) groups is 2. The first-order valence-corrected chi connectivity index (χ1v) is 5.97. The van der Waals surface area contributed by atoms with Crippen LogP contribution in [0.4, 0.5) is 0 Å². The van der Waals surface area contributed by atoms with Crippen LogP contribution in [0.1, 0.15) is 13.8 Å². The van der Waals surface area contributed by atoms with E-state index in [0.29, 0.717) is 6.54 Å². The Labute approximate surface area is 110 Å². The van der Waals surface area contributed by atoms with Gasteiger partial charge in [0, 0.05) is 25.5 Å². The molecule has 0 aromatic carbocycles. The molecule has 104 valence electrons. The van der Waals surface area contributed by atoms with Crippen molar-refractivity contribution in [3.8, 4) is 0 Å². The molecule has 1 unspecified atom stereocenters. The Balaban J connectivity index is 2.72. The number of rotatable bonds is 6. The number of hydrogen-bond donors (Lipinski definition) is 1. The molecule has 0 bridgehead atoms. The highest BCUT2D eigenvalue weighted by atomic mass is 16.4. The number of aliphatic carboxylic acids is 1. The molecular formula is C12H17N3O4. The van der Waals surface area contributed by atoms with Crippen molar-refractivity contribution < 1.29 is 14.7 Å². The van der Waals surface area contributed by atoms with Crippen molar-refractivity contribution in [3.63, 3.8) is 0 Å². The third kappa shape index (κ3) is 4.20. The monoisotopic (exact) mass is 267 g/mol. The lowest BCUT2D eigenvalue weighted by Gasteiger charge is -2.23. The van der Waals surface area contributed by atoms with Gasteiger partial charge >= 0.3 is 11.7 Å². The summed E-state index contributed by atoms with van der Waals surface area (Å²) in [6, 6.07) is 1.56. The maximum Gasteiger partial charge on any atom is 0.347 e. The molecule has 0 aliphatic carbocycles. The molecule has 0 aliphatic heterocycles. The molecule has 7 nitrogen and oxygen atoms in total. The lowest BCUT2D eigenvalue weighted by molar-refractivity contribution is -0.143. The number of hydrogen-bond acceptors (Lipinski definition) is 4. The molecule has 19 heavy (non-hydrogen) atoms. The van der Waals surface area contributed by atoms with E-state index < -0.39 is 17.6 Å². The van der Waals surface area contributed by atoms with Gasteiger partial charge in [-0.1, -0.05) is 6.92 Å². The molecule has 7 heteroatoms. The second-order valence-corrected chi connectivity index (χ2v) is 4.20. The third-order valence-electron chi connectivity index (χ3n) is 2.74. The van der Waals surface area contributed by atoms with Crippen LogP contribution in [-0.4, -0.2) is 44.5 Å². The number of nitrogens with zero attached hydrogens (tertiary/aromatic N) is 3. The quantitative estimate of drug-likeness (QED) is 0.771. The van der Waals surface area contributed by atoms with Gasteiger partial charge in [-0.25, -0.2) is 9.78 Å². The normalized spacial score (nSPS) is 11.9. The first kappa shape index (κ1) is 14.9. The minimum atomic E-state index is -0.954. The van der Waals surface area contributed by atoms with Gasteiger partial charge in [0.15, 0.2) is 0 Å². The van der Waals surface area contributed by atoms with Crippen molar-refractivity contribution in [2.24, 2.45) is 5.92 Å². The van der Waals surface area contributed by atoms with Crippen molar-refractivity contribution in [1.82, 2.24) is 14.5 Å². The van der Waals surface area contributed by atoms with Crippen LogP contribution in [0.25, 0.3) is 0 Å². The minimum absolute atomic E-state index is 0.125. The van der Waals surface area contributed by atoms with Gasteiger partial charge in [0.1, 0.15) is 6.54 Å². The lowest BCUT2D eigenvalue weighted by Crippen LogP contribution is -2.40. The summed E-state index contributed by atoms with van der Waals surface area (Å²) in [6.07, 6.45) is 2.83. The Hall–Kier alpha value is -2.18. The number of aromatic nitrogens is 2. The highest BCUT2D eigenvalue weighted by Gasteiger charge is 2.19. The van der Waals surface area contributed by atoms with E-state index in [1.54, 1.807) is 13.0 Å². The molecule has 1 atom stereocenters. The summed E-state index contributed by atoms with van der Waals surface area (Å²) in [7, 11) is 0. The van der Waals surface area contributed by atoms with Crippen LogP contribution in [0.5, 0.6) is 0 Å². The molecule has 1 aromatic heterocycles. The highest BCUT2D eigenvalue weighted by Crippen LogP contribution is 2.01. The fourth-order valence-corrected chi connectivity index (χ4v) is 1.57. The Kier molecular flexibility index (Phi) is 5.23. The largest absolute Gasteiger partial charge is 0.481 e. The van der Waals surface area contributed by atoms with Crippen molar-refractivity contribution in [2.75, 3.05) is 13.1 Å². The molecule has 1 N–H and O–H groups in total. The number of carboxylic acid groups (broad SMARTS) is 1. The first-order chi connectivity index (χ1) is 8.95. The van der Waals surface area contributed by atoms with E-state index in [-0.39, 0.29) is 19.0 Å². The van der Waals surface area contributed by atoms with Crippen molar-refractivity contribution in [2.45, 2.75) is 20.4 Å². The van der Waals surface area contributed by atoms with Crippen LogP contribution in [-0.2, 0) is 16.1 Å². The van der Waals surface area contributed by atoms with Crippen LogP contribution >= 0.6 is 0 Å². The number of carbonyl (C=O) groups excluding carboxylic acids is 1. The smallest absolute Gasteiger partial charge is 0.347 e. The highest BCUT2D eigenvalue weighted by molar-refractivity contribution is 5.77. The number of likely N-dealkylation sites (N-methyl/N-ethyl adjacent to an activating group) is 1. The van der Waals surface area contributed by atoms with Crippen molar-refractivity contribution in [1.29, 1.82) is 0 Å². The van der Waals surface area contributed by atoms with E-state index in [2.05, 4.69) is 4.98 Å². The van der Waals surface area contributed by atoms with Crippen LogP contribution < -0.4 is 5.69 Å². The molecule has 0 aliphatic rings. The molecule has 0 spiro atoms. The molecule has 1 heterocycles. The van der Waals surface area contributed by atoms with E-state index in [1.165, 1.54) is 28.8 Å². The van der Waals surface area contributed by atoms with Gasteiger partial charge in [-0.2, -0.15) is 0 Å². The van der Waals surface area contributed by atoms with Crippen LogP contribution in [0.15, 0.2) is 23.3 Å². The molecule has 0 fully saturated rings. The summed E-state index contributed by atoms with van der Waals surface area (Å²) in [4.78, 5) is 39.1. The summed E-state index contributed by atoms with van der Waals surface area (Å²) in [6.45, 7) is 3.69. The van der Waals surface area contributed by atoms with E-state index in [9.17, 15) is 14.4 Å². The van der Waals surface area contributed by atoms with Gasteiger partial charge in [0.25, 0.3) is 0 Å². The van der Waals surface area contributed by atoms with Gasteiger partial charge in [-0.05, 0) is 13.0 Å². The lowest BCUT2D eigenvalue weighted by atomic mass is 10.1. The Bertz CT molecular complexity index is 512. The molecule has 0 radical (unpaired) electrons. The van der Waals surface area contributed by atoms with Gasteiger partial charge < -0.3 is 10.0 Å². The minimum Gasteiger partial charge on any atom is -0.481 e. The average Bonchev–Trinajstić information content (AvgIpc) is 2.38. The van der Waals surface area contributed by atoms with E-state index in [1.807, 2.05) is 0 Å². The second-order valence-electron chi connectivity index (χ2n) is 4.20. The fourth-order valence-electron chi connectivity index (χ4n) is 1.57. The number of carboxylic acids is 1. The fraction of sp³-hybridized carbons (Fsp3) is 0.500. The first-order valence-electron chi connectivity index (χ1n) is 5.97. The van der Waals surface area contributed by atoms with E-state index in [0.717, 1.165) is 0 Å². The standard InChI is InChI=1S/C12H17N3O4/c1-3-14(7-9(2)11(17)18)10(16)8-15-6-4-5-13-12(15)19/h4-6,9H,3,7-8H2,1-2H3,(H,17,18). The zero-order valence-corrected chi connectivity index (χ0v) is 10.9. The number of amides is 1. The Morgan fingerprint density at radius 2 is 2.21 bits per heavy atom. The predicted molar refractivity (Wildman–Crippen MR) is 67.6 cm³/mol. The van der Waals surface area contributed by atoms with Crippen molar-refractivity contribution >= 4 is 11.9 Å². The summed E-state index contributed by atoms with van der Waals surface area (Å²) >= 11 is 0. The van der Waals surface area contributed by atoms with E-state index in [4.69, 9.17) is 5.11 Å². The van der Waals surface area contributed by atoms with Gasteiger partial charge in [-0.15, -0.1) is 0 Å². The second kappa shape index (κ2) is 6.67. The van der Waals surface area contributed by atoms with Crippen LogP contribution in [0, 0.1) is 5.92 Å². The third-order valence-corrected chi connectivity index (χ3v) is 2.74. The summed E-state index contributed by atoms with van der Waals surface area (Å²) < 4.78 is 1.19. The topological polar surface area (TPSA) is 92.5 Å². The SMILES string of the molecule is CCN(CC(C)C(=O)O)C(=O)Cn1cccnc1=O. The zero-order chi connectivity index (χ0) is 14.4.